The molecule has 2 saturated carbocycles. The molecule has 1 saturated heterocycles. The fourth-order valence-corrected chi connectivity index (χ4v) is 6.83. The van der Waals surface area contributed by atoms with Crippen LogP contribution in [0, 0.1) is 11.8 Å². The third-order valence-corrected chi connectivity index (χ3v) is 8.91. The van der Waals surface area contributed by atoms with Crippen LogP contribution in [0.2, 0.25) is 5.02 Å². The smallest absolute Gasteiger partial charge is 0.374 e. The first kappa shape index (κ1) is 26.5. The maximum absolute atomic E-state index is 14.6. The molecule has 10 nitrogen and oxygen atoms in total. The summed E-state index contributed by atoms with van der Waals surface area (Å²) in [6, 6.07) is 3.03. The summed E-state index contributed by atoms with van der Waals surface area (Å²) in [4.78, 5) is 30.6. The van der Waals surface area contributed by atoms with Gasteiger partial charge in [0.05, 0.1) is 40.5 Å². The number of fused-ring (bicyclic) bond motifs is 2. The molecule has 1 aliphatic heterocycles. The molecule has 4 aromatic rings. The second kappa shape index (κ2) is 10.2. The number of rotatable bonds is 5. The maximum atomic E-state index is 14.6. The fraction of sp³-hybridized carbons (Fsp3) is 0.536. The zero-order valence-corrected chi connectivity index (χ0v) is 23.3. The van der Waals surface area contributed by atoms with Gasteiger partial charge in [0.25, 0.3) is 5.92 Å². The van der Waals surface area contributed by atoms with Crippen LogP contribution >= 0.6 is 11.6 Å². The summed E-state index contributed by atoms with van der Waals surface area (Å²) in [5.41, 5.74) is 2.92. The van der Waals surface area contributed by atoms with Gasteiger partial charge in [0, 0.05) is 43.9 Å². The number of morpholine rings is 1. The predicted molar refractivity (Wildman–Crippen MR) is 148 cm³/mol. The number of H-pyrrole nitrogens is 1. The van der Waals surface area contributed by atoms with Crippen LogP contribution in [0.1, 0.15) is 45.4 Å². The van der Waals surface area contributed by atoms with Gasteiger partial charge in [0.1, 0.15) is 5.69 Å². The summed E-state index contributed by atoms with van der Waals surface area (Å²) in [6.07, 6.45) is 6.53. The Morgan fingerprint density at radius 2 is 1.98 bits per heavy atom. The summed E-state index contributed by atoms with van der Waals surface area (Å²) in [7, 11) is 0. The quantitative estimate of drug-likeness (QED) is 0.335. The minimum Gasteiger partial charge on any atom is -0.374 e. The van der Waals surface area contributed by atoms with Crippen molar-refractivity contribution in [2.75, 3.05) is 18.1 Å². The number of imidazole rings is 1. The average Bonchev–Trinajstić information content (AvgIpc) is 3.63. The Balaban J connectivity index is 1.44. The Hall–Kier alpha value is -3.38. The number of ether oxygens (including phenoxy) is 1. The Morgan fingerprint density at radius 3 is 2.73 bits per heavy atom. The highest BCUT2D eigenvalue weighted by atomic mass is 35.5. The fourth-order valence-electron chi connectivity index (χ4n) is 6.66. The van der Waals surface area contributed by atoms with E-state index in [4.69, 9.17) is 30.8 Å². The van der Waals surface area contributed by atoms with Crippen molar-refractivity contribution in [2.45, 2.75) is 70.1 Å². The number of hydrogen-bond acceptors (Lipinski definition) is 8. The molecule has 0 radical (unpaired) electrons. The van der Waals surface area contributed by atoms with Gasteiger partial charge in [-0.25, -0.2) is 23.5 Å². The molecule has 3 fully saturated rings. The van der Waals surface area contributed by atoms with Crippen molar-refractivity contribution < 1.29 is 18.0 Å². The molecule has 0 spiro atoms. The number of pyridine rings is 2. The van der Waals surface area contributed by atoms with Crippen LogP contribution in [0.4, 0.5) is 14.7 Å². The third kappa shape index (κ3) is 5.01. The molecule has 4 aromatic heterocycles. The molecule has 41 heavy (non-hydrogen) atoms. The Labute approximate surface area is 239 Å². The van der Waals surface area contributed by atoms with Crippen molar-refractivity contribution in [3.05, 3.63) is 40.1 Å². The molecule has 0 bridgehead atoms. The summed E-state index contributed by atoms with van der Waals surface area (Å²) in [5.74, 6) is -1.62. The largest absolute Gasteiger partial charge is 0.439 e. The number of aromatic amines is 1. The van der Waals surface area contributed by atoms with E-state index >= 15 is 0 Å². The number of nitrogens with zero attached hydrogens (tertiary/aromatic N) is 6. The molecule has 5 heterocycles. The van der Waals surface area contributed by atoms with Gasteiger partial charge in [-0.3, -0.25) is 14.5 Å². The molecule has 0 unspecified atom stereocenters. The topological polar surface area (TPSA) is 115 Å². The lowest BCUT2D eigenvalue weighted by atomic mass is 9.83. The van der Waals surface area contributed by atoms with Gasteiger partial charge in [-0.05, 0) is 36.8 Å². The van der Waals surface area contributed by atoms with Gasteiger partial charge in [-0.15, -0.1) is 0 Å². The Morgan fingerprint density at radius 1 is 1.15 bits per heavy atom. The van der Waals surface area contributed by atoms with E-state index in [1.807, 2.05) is 4.90 Å². The first-order valence-electron chi connectivity index (χ1n) is 14.1. The molecule has 2 aliphatic carbocycles. The SMILES string of the molecule is C[C@H]1CC[C@H](Cn2c(N3CCO[C@@H]4CC(F)(F)C[C@H]43)nc3cc(-c4noc(=O)[nH]4)nc(-c4cncc(Cl)c4)c32)CC1. The molecule has 2 atom stereocenters. The summed E-state index contributed by atoms with van der Waals surface area (Å²) in [6.45, 7) is 3.75. The molecule has 216 valence electrons. The van der Waals surface area contributed by atoms with Crippen molar-refractivity contribution in [3.63, 3.8) is 0 Å². The van der Waals surface area contributed by atoms with E-state index in [0.717, 1.165) is 31.2 Å². The molecule has 0 aromatic carbocycles. The van der Waals surface area contributed by atoms with Gasteiger partial charge in [-0.2, -0.15) is 0 Å². The van der Waals surface area contributed by atoms with Crippen LogP contribution in [0.25, 0.3) is 33.8 Å². The van der Waals surface area contributed by atoms with Crippen molar-refractivity contribution in [3.8, 4) is 22.8 Å². The lowest BCUT2D eigenvalue weighted by Gasteiger charge is -2.38. The van der Waals surface area contributed by atoms with Crippen molar-refractivity contribution in [1.82, 2.24) is 29.7 Å². The van der Waals surface area contributed by atoms with Crippen molar-refractivity contribution in [2.24, 2.45) is 11.8 Å². The predicted octanol–water partition coefficient (Wildman–Crippen LogP) is 5.32. The van der Waals surface area contributed by atoms with Crippen LogP contribution in [-0.4, -0.2) is 60.9 Å². The normalized spacial score (nSPS) is 26.0. The maximum Gasteiger partial charge on any atom is 0.439 e. The van der Waals surface area contributed by atoms with Crippen LogP contribution in [0.5, 0.6) is 0 Å². The lowest BCUT2D eigenvalue weighted by molar-refractivity contribution is -0.0208. The van der Waals surface area contributed by atoms with E-state index in [1.165, 1.54) is 0 Å². The Kier molecular flexibility index (Phi) is 6.57. The molecule has 0 amide bonds. The second-order valence-corrected chi connectivity index (χ2v) is 12.1. The van der Waals surface area contributed by atoms with E-state index in [9.17, 15) is 13.6 Å². The lowest BCUT2D eigenvalue weighted by Crippen LogP contribution is -2.49. The molecule has 3 aliphatic rings. The number of halogens is 3. The van der Waals surface area contributed by atoms with E-state index in [0.29, 0.717) is 65.0 Å². The molecule has 1 N–H and O–H groups in total. The highest BCUT2D eigenvalue weighted by Crippen LogP contribution is 2.44. The summed E-state index contributed by atoms with van der Waals surface area (Å²) < 4.78 is 41.9. The summed E-state index contributed by atoms with van der Waals surface area (Å²) in [5, 5.41) is 4.27. The van der Waals surface area contributed by atoms with Crippen LogP contribution in [-0.2, 0) is 11.3 Å². The molecular weight excluding hydrogens is 556 g/mol. The van der Waals surface area contributed by atoms with Crippen LogP contribution in [0.15, 0.2) is 33.8 Å². The second-order valence-electron chi connectivity index (χ2n) is 11.6. The number of aromatic nitrogens is 6. The summed E-state index contributed by atoms with van der Waals surface area (Å²) >= 11 is 6.35. The molecular formula is C28H30ClF2N7O3. The number of anilines is 1. The minimum atomic E-state index is -2.79. The highest BCUT2D eigenvalue weighted by molar-refractivity contribution is 6.30. The van der Waals surface area contributed by atoms with Gasteiger partial charge in [-0.1, -0.05) is 36.5 Å². The average molecular weight is 586 g/mol. The Bertz CT molecular complexity index is 1650. The first-order valence-corrected chi connectivity index (χ1v) is 14.5. The monoisotopic (exact) mass is 585 g/mol. The van der Waals surface area contributed by atoms with Gasteiger partial charge in [0.2, 0.25) is 11.8 Å². The van der Waals surface area contributed by atoms with Crippen molar-refractivity contribution in [1.29, 1.82) is 0 Å². The highest BCUT2D eigenvalue weighted by Gasteiger charge is 2.51. The molecule has 7 rings (SSSR count). The van der Waals surface area contributed by atoms with E-state index in [2.05, 4.69) is 26.6 Å². The zero-order valence-electron chi connectivity index (χ0n) is 22.5. The standard InChI is InChI=1S/C28H30ClF2N7O3/c1-15-2-4-16(5-3-15)14-38-24-19(34-26(38)37-6-7-40-22-11-28(30,31)10-21(22)37)9-20(25-35-27(39)41-36-25)33-23(24)17-8-18(29)13-32-12-17/h8-9,12-13,15-16,21-22H,2-7,10-11,14H2,1H3,(H,35,36,39)/t15-,16-,21-,22-/m1/s1. The van der Waals surface area contributed by atoms with Gasteiger partial charge in [0.15, 0.2) is 0 Å². The van der Waals surface area contributed by atoms with Gasteiger partial charge >= 0.3 is 5.76 Å². The first-order chi connectivity index (χ1) is 19.7. The minimum absolute atomic E-state index is 0.160. The van der Waals surface area contributed by atoms with E-state index < -0.39 is 23.8 Å². The van der Waals surface area contributed by atoms with Gasteiger partial charge < -0.3 is 14.2 Å². The van der Waals surface area contributed by atoms with Crippen molar-refractivity contribution >= 4 is 28.6 Å². The van der Waals surface area contributed by atoms with Crippen LogP contribution < -0.4 is 10.7 Å². The third-order valence-electron chi connectivity index (χ3n) is 8.70. The molecule has 13 heteroatoms. The zero-order chi connectivity index (χ0) is 28.3. The number of hydrogen-bond donors (Lipinski definition) is 1. The van der Waals surface area contributed by atoms with Crippen LogP contribution in [0.3, 0.4) is 0 Å². The van der Waals surface area contributed by atoms with E-state index in [1.54, 1.807) is 24.5 Å². The number of nitrogens with one attached hydrogen (secondary N) is 1. The van der Waals surface area contributed by atoms with E-state index in [-0.39, 0.29) is 18.7 Å². The number of alkyl halides is 2.